The van der Waals surface area contributed by atoms with Crippen molar-refractivity contribution in [2.45, 2.75) is 77.0 Å². The summed E-state index contributed by atoms with van der Waals surface area (Å²) < 4.78 is 13.9. The van der Waals surface area contributed by atoms with Crippen LogP contribution in [-0.4, -0.2) is 0 Å². The van der Waals surface area contributed by atoms with Crippen molar-refractivity contribution in [3.05, 3.63) is 46.8 Å². The molecule has 1 aromatic carbocycles. The van der Waals surface area contributed by atoms with E-state index in [4.69, 9.17) is 11.6 Å². The van der Waals surface area contributed by atoms with Crippen LogP contribution >= 0.6 is 11.6 Å². The van der Waals surface area contributed by atoms with Crippen molar-refractivity contribution >= 4 is 11.6 Å². The van der Waals surface area contributed by atoms with Crippen LogP contribution in [0, 0.1) is 35.4 Å². The molecule has 0 N–H and O–H groups in total. The van der Waals surface area contributed by atoms with Gasteiger partial charge in [0, 0.05) is 0 Å². The van der Waals surface area contributed by atoms with Gasteiger partial charge in [0.15, 0.2) is 0 Å². The molecule has 3 aliphatic rings. The summed E-state index contributed by atoms with van der Waals surface area (Å²) in [5.74, 6) is 4.82. The standard InChI is InChI=1S/C25H34ClF/c1-2-3-4-5-17-6-11-22-20(14-17)7-8-21-15-18(9-12-23(21)22)19-10-13-24(26)25(27)16-19/h4-5,10,13,16-18,20-23H,2-3,6-9,11-12,14-15H2,1H3/t17-,18-,20-,21+,22+,23+/m1/s1. The Kier molecular flexibility index (Phi) is 6.27. The molecule has 3 fully saturated rings. The predicted molar refractivity (Wildman–Crippen MR) is 113 cm³/mol. The Morgan fingerprint density at radius 2 is 1.74 bits per heavy atom. The van der Waals surface area contributed by atoms with Crippen molar-refractivity contribution < 1.29 is 4.39 Å². The summed E-state index contributed by atoms with van der Waals surface area (Å²) in [6.07, 6.45) is 18.4. The van der Waals surface area contributed by atoms with Gasteiger partial charge < -0.3 is 0 Å². The SMILES string of the molecule is CCCC=C[C@@H]1CC[C@H]2[C@H](CC[C@H]3C[C@H](c4ccc(Cl)c(F)c4)CC[C@@H]32)C1. The summed E-state index contributed by atoms with van der Waals surface area (Å²) in [6, 6.07) is 5.48. The van der Waals surface area contributed by atoms with Gasteiger partial charge in [-0.1, -0.05) is 43.2 Å². The molecule has 0 unspecified atom stereocenters. The summed E-state index contributed by atoms with van der Waals surface area (Å²) in [4.78, 5) is 0. The summed E-state index contributed by atoms with van der Waals surface area (Å²) >= 11 is 5.88. The molecule has 0 radical (unpaired) electrons. The van der Waals surface area contributed by atoms with Crippen LogP contribution in [0.3, 0.4) is 0 Å². The lowest BCUT2D eigenvalue weighted by Gasteiger charge is -2.50. The molecule has 3 aliphatic carbocycles. The maximum atomic E-state index is 13.9. The van der Waals surface area contributed by atoms with Gasteiger partial charge in [-0.05, 0) is 111 Å². The zero-order valence-corrected chi connectivity index (χ0v) is 17.4. The monoisotopic (exact) mass is 388 g/mol. The van der Waals surface area contributed by atoms with Crippen LogP contribution < -0.4 is 0 Å². The number of benzene rings is 1. The van der Waals surface area contributed by atoms with Crippen molar-refractivity contribution in [2.75, 3.05) is 0 Å². The molecule has 6 atom stereocenters. The van der Waals surface area contributed by atoms with Crippen LogP contribution in [0.15, 0.2) is 30.4 Å². The highest BCUT2D eigenvalue weighted by atomic mass is 35.5. The number of halogens is 2. The van der Waals surface area contributed by atoms with Crippen molar-refractivity contribution in [1.82, 2.24) is 0 Å². The van der Waals surface area contributed by atoms with E-state index in [0.717, 1.165) is 29.6 Å². The van der Waals surface area contributed by atoms with Crippen LogP contribution in [0.2, 0.25) is 5.02 Å². The van der Waals surface area contributed by atoms with E-state index in [-0.39, 0.29) is 10.8 Å². The normalized spacial score (nSPS) is 36.4. The highest BCUT2D eigenvalue weighted by Crippen LogP contribution is 2.54. The molecule has 27 heavy (non-hydrogen) atoms. The van der Waals surface area contributed by atoms with Gasteiger partial charge in [-0.2, -0.15) is 0 Å². The molecule has 0 saturated heterocycles. The van der Waals surface area contributed by atoms with E-state index in [1.807, 2.05) is 0 Å². The number of hydrogen-bond acceptors (Lipinski definition) is 0. The summed E-state index contributed by atoms with van der Waals surface area (Å²) in [5.41, 5.74) is 1.17. The molecular formula is C25H34ClF. The zero-order chi connectivity index (χ0) is 18.8. The summed E-state index contributed by atoms with van der Waals surface area (Å²) in [5, 5.41) is 0.248. The average molecular weight is 389 g/mol. The Bertz CT molecular complexity index is 666. The molecule has 2 heteroatoms. The van der Waals surface area contributed by atoms with Gasteiger partial charge in [0.25, 0.3) is 0 Å². The first-order valence-electron chi connectivity index (χ1n) is 11.3. The second-order valence-corrected chi connectivity index (χ2v) is 9.81. The molecule has 0 heterocycles. The van der Waals surface area contributed by atoms with Crippen molar-refractivity contribution in [1.29, 1.82) is 0 Å². The van der Waals surface area contributed by atoms with E-state index < -0.39 is 0 Å². The van der Waals surface area contributed by atoms with Crippen molar-refractivity contribution in [2.24, 2.45) is 29.6 Å². The van der Waals surface area contributed by atoms with Gasteiger partial charge in [0.05, 0.1) is 5.02 Å². The first-order valence-corrected chi connectivity index (χ1v) is 11.6. The Morgan fingerprint density at radius 1 is 1.00 bits per heavy atom. The Balaban J connectivity index is 1.38. The van der Waals surface area contributed by atoms with E-state index >= 15 is 0 Å². The minimum Gasteiger partial charge on any atom is -0.205 e. The van der Waals surface area contributed by atoms with E-state index in [9.17, 15) is 4.39 Å². The first kappa shape index (κ1) is 19.5. The molecule has 0 nitrogen and oxygen atoms in total. The maximum absolute atomic E-state index is 13.9. The van der Waals surface area contributed by atoms with Crippen LogP contribution in [0.4, 0.5) is 4.39 Å². The molecule has 0 aromatic heterocycles. The van der Waals surface area contributed by atoms with E-state index in [1.54, 1.807) is 12.1 Å². The fraction of sp³-hybridized carbons (Fsp3) is 0.680. The number of allylic oxidation sites excluding steroid dienone is 2. The Morgan fingerprint density at radius 3 is 2.48 bits per heavy atom. The van der Waals surface area contributed by atoms with Gasteiger partial charge in [0.2, 0.25) is 0 Å². The number of fused-ring (bicyclic) bond motifs is 3. The highest BCUT2D eigenvalue weighted by Gasteiger charge is 2.44. The highest BCUT2D eigenvalue weighted by molar-refractivity contribution is 6.30. The van der Waals surface area contributed by atoms with Crippen LogP contribution in [0.5, 0.6) is 0 Å². The molecule has 0 aliphatic heterocycles. The number of hydrogen-bond donors (Lipinski definition) is 0. The predicted octanol–water partition coefficient (Wildman–Crippen LogP) is 8.16. The maximum Gasteiger partial charge on any atom is 0.142 e. The van der Waals surface area contributed by atoms with E-state index in [1.165, 1.54) is 69.8 Å². The van der Waals surface area contributed by atoms with Gasteiger partial charge in [0.1, 0.15) is 5.82 Å². The second-order valence-electron chi connectivity index (χ2n) is 9.40. The summed E-state index contributed by atoms with van der Waals surface area (Å²) in [7, 11) is 0. The second kappa shape index (κ2) is 8.68. The summed E-state index contributed by atoms with van der Waals surface area (Å²) in [6.45, 7) is 2.26. The van der Waals surface area contributed by atoms with Crippen molar-refractivity contribution in [3.63, 3.8) is 0 Å². The quantitative estimate of drug-likeness (QED) is 0.456. The lowest BCUT2D eigenvalue weighted by molar-refractivity contribution is 0.0127. The lowest BCUT2D eigenvalue weighted by atomic mass is 9.55. The van der Waals surface area contributed by atoms with Crippen LogP contribution in [0.1, 0.15) is 82.6 Å². The molecular weight excluding hydrogens is 355 g/mol. The van der Waals surface area contributed by atoms with Crippen molar-refractivity contribution in [3.8, 4) is 0 Å². The molecule has 3 saturated carbocycles. The molecule has 4 rings (SSSR count). The third kappa shape index (κ3) is 4.29. The number of rotatable bonds is 4. The third-order valence-electron chi connectivity index (χ3n) is 7.86. The minimum atomic E-state index is -0.255. The Hall–Kier alpha value is -0.820. The Labute approximate surface area is 169 Å². The van der Waals surface area contributed by atoms with Crippen LogP contribution in [-0.2, 0) is 0 Å². The third-order valence-corrected chi connectivity index (χ3v) is 8.17. The molecule has 0 bridgehead atoms. The largest absolute Gasteiger partial charge is 0.205 e. The fourth-order valence-corrected chi connectivity index (χ4v) is 6.65. The average Bonchev–Trinajstić information content (AvgIpc) is 2.69. The molecule has 0 amide bonds. The van der Waals surface area contributed by atoms with Gasteiger partial charge in [-0.25, -0.2) is 4.39 Å². The molecule has 148 valence electrons. The topological polar surface area (TPSA) is 0 Å². The molecule has 0 spiro atoms. The van der Waals surface area contributed by atoms with Gasteiger partial charge in [-0.15, -0.1) is 0 Å². The number of unbranched alkanes of at least 4 members (excludes halogenated alkanes) is 1. The lowest BCUT2D eigenvalue weighted by Crippen LogP contribution is -2.41. The molecule has 1 aromatic rings. The first-order chi connectivity index (χ1) is 13.2. The minimum absolute atomic E-state index is 0.248. The van der Waals surface area contributed by atoms with E-state index in [0.29, 0.717) is 5.92 Å². The van der Waals surface area contributed by atoms with Gasteiger partial charge in [-0.3, -0.25) is 0 Å². The van der Waals surface area contributed by atoms with E-state index in [2.05, 4.69) is 25.1 Å². The smallest absolute Gasteiger partial charge is 0.142 e. The fourth-order valence-electron chi connectivity index (χ4n) is 6.53. The van der Waals surface area contributed by atoms with Crippen LogP contribution in [0.25, 0.3) is 0 Å². The zero-order valence-electron chi connectivity index (χ0n) is 16.7. The van der Waals surface area contributed by atoms with Gasteiger partial charge >= 0.3 is 0 Å².